The van der Waals surface area contributed by atoms with Crippen LogP contribution in [0.1, 0.15) is 27.8 Å². The largest absolute Gasteiger partial charge is 0.489 e. The highest BCUT2D eigenvalue weighted by Crippen LogP contribution is 2.22. The zero-order chi connectivity index (χ0) is 14.5. The Kier molecular flexibility index (Phi) is 4.80. The van der Waals surface area contributed by atoms with E-state index < -0.39 is 0 Å². The van der Waals surface area contributed by atoms with E-state index in [1.165, 1.54) is 27.8 Å². The van der Waals surface area contributed by atoms with Gasteiger partial charge in [-0.15, -0.1) is 0 Å². The minimum atomic E-state index is 0.599. The average Bonchev–Trinajstić information content (AvgIpc) is 2.42. The maximum absolute atomic E-state index is 5.97. The summed E-state index contributed by atoms with van der Waals surface area (Å²) in [5, 5.41) is 0. The van der Waals surface area contributed by atoms with Gasteiger partial charge in [-0.25, -0.2) is 0 Å². The van der Waals surface area contributed by atoms with Crippen LogP contribution in [-0.2, 0) is 13.0 Å². The fourth-order valence-electron chi connectivity index (χ4n) is 2.25. The molecule has 2 aromatic rings. The molecule has 20 heavy (non-hydrogen) atoms. The third-order valence-electron chi connectivity index (χ3n) is 3.60. The monoisotopic (exact) mass is 269 g/mol. The Morgan fingerprint density at radius 2 is 1.75 bits per heavy atom. The van der Waals surface area contributed by atoms with Crippen LogP contribution < -0.4 is 10.5 Å². The zero-order valence-electron chi connectivity index (χ0n) is 12.6. The molecule has 2 N–H and O–H groups in total. The molecule has 2 rings (SSSR count). The van der Waals surface area contributed by atoms with Crippen molar-refractivity contribution in [2.75, 3.05) is 6.54 Å². The van der Waals surface area contributed by atoms with Gasteiger partial charge in [-0.1, -0.05) is 35.9 Å². The molecule has 0 aliphatic rings. The molecule has 2 nitrogen and oxygen atoms in total. The summed E-state index contributed by atoms with van der Waals surface area (Å²) in [6, 6.07) is 12.7. The molecule has 0 bridgehead atoms. The second-order valence-electron chi connectivity index (χ2n) is 5.36. The van der Waals surface area contributed by atoms with Crippen molar-refractivity contribution < 1.29 is 4.74 Å². The predicted molar refractivity (Wildman–Crippen MR) is 84.2 cm³/mol. The Morgan fingerprint density at radius 3 is 2.45 bits per heavy atom. The molecule has 0 atom stereocenters. The molecular formula is C18H23NO. The van der Waals surface area contributed by atoms with E-state index in [4.69, 9.17) is 10.5 Å². The summed E-state index contributed by atoms with van der Waals surface area (Å²) in [5.41, 5.74) is 11.9. The third kappa shape index (κ3) is 3.61. The van der Waals surface area contributed by atoms with Crippen molar-refractivity contribution in [1.82, 2.24) is 0 Å². The number of ether oxygens (including phenoxy) is 1. The normalized spacial score (nSPS) is 10.6. The molecule has 0 radical (unpaired) electrons. The van der Waals surface area contributed by atoms with Gasteiger partial charge < -0.3 is 10.5 Å². The Morgan fingerprint density at radius 1 is 0.950 bits per heavy atom. The second kappa shape index (κ2) is 6.58. The van der Waals surface area contributed by atoms with Crippen LogP contribution in [0.3, 0.4) is 0 Å². The SMILES string of the molecule is Cc1ccc(OCc2ccc(C)c(C)c2)c(CCN)c1. The van der Waals surface area contributed by atoms with Gasteiger partial charge >= 0.3 is 0 Å². The second-order valence-corrected chi connectivity index (χ2v) is 5.36. The summed E-state index contributed by atoms with van der Waals surface area (Å²) in [7, 11) is 0. The van der Waals surface area contributed by atoms with Gasteiger partial charge in [0.1, 0.15) is 12.4 Å². The van der Waals surface area contributed by atoms with E-state index in [1.807, 2.05) is 6.07 Å². The number of nitrogens with two attached hydrogens (primary N) is 1. The summed E-state index contributed by atoms with van der Waals surface area (Å²) in [6.45, 7) is 7.59. The minimum absolute atomic E-state index is 0.599. The van der Waals surface area contributed by atoms with E-state index in [2.05, 4.69) is 51.1 Å². The fourth-order valence-corrected chi connectivity index (χ4v) is 2.25. The first-order chi connectivity index (χ1) is 9.60. The molecule has 0 heterocycles. The Hall–Kier alpha value is -1.80. The number of hydrogen-bond donors (Lipinski definition) is 1. The lowest BCUT2D eigenvalue weighted by molar-refractivity contribution is 0.303. The van der Waals surface area contributed by atoms with Gasteiger partial charge in [0, 0.05) is 0 Å². The summed E-state index contributed by atoms with van der Waals surface area (Å²) in [6.07, 6.45) is 0.851. The van der Waals surface area contributed by atoms with Gasteiger partial charge in [0.2, 0.25) is 0 Å². The number of rotatable bonds is 5. The van der Waals surface area contributed by atoms with E-state index in [1.54, 1.807) is 0 Å². The quantitative estimate of drug-likeness (QED) is 0.898. The summed E-state index contributed by atoms with van der Waals surface area (Å²) >= 11 is 0. The standard InChI is InChI=1S/C18H23NO/c1-13-4-7-18(17(10-13)8-9-19)20-12-16-6-5-14(2)15(3)11-16/h4-7,10-11H,8-9,12,19H2,1-3H3. The van der Waals surface area contributed by atoms with E-state index in [0.29, 0.717) is 13.2 Å². The molecule has 0 aliphatic heterocycles. The molecule has 0 saturated carbocycles. The lowest BCUT2D eigenvalue weighted by atomic mass is 10.1. The smallest absolute Gasteiger partial charge is 0.123 e. The highest BCUT2D eigenvalue weighted by atomic mass is 16.5. The lowest BCUT2D eigenvalue weighted by Crippen LogP contribution is -2.06. The van der Waals surface area contributed by atoms with Crippen LogP contribution in [0.2, 0.25) is 0 Å². The number of hydrogen-bond acceptors (Lipinski definition) is 2. The molecule has 2 aromatic carbocycles. The van der Waals surface area contributed by atoms with Crippen molar-refractivity contribution in [1.29, 1.82) is 0 Å². The summed E-state index contributed by atoms with van der Waals surface area (Å²) < 4.78 is 5.97. The Bertz CT molecular complexity index is 590. The van der Waals surface area contributed by atoms with Crippen LogP contribution in [0.4, 0.5) is 0 Å². The molecule has 0 amide bonds. The van der Waals surface area contributed by atoms with Crippen molar-refractivity contribution in [3.8, 4) is 5.75 Å². The van der Waals surface area contributed by atoms with Gasteiger partial charge in [0.15, 0.2) is 0 Å². The van der Waals surface area contributed by atoms with E-state index in [-0.39, 0.29) is 0 Å². The molecule has 0 spiro atoms. The molecular weight excluding hydrogens is 246 g/mol. The van der Waals surface area contributed by atoms with Crippen molar-refractivity contribution in [3.05, 3.63) is 64.2 Å². The maximum Gasteiger partial charge on any atom is 0.123 e. The molecule has 0 fully saturated rings. The third-order valence-corrected chi connectivity index (χ3v) is 3.60. The first kappa shape index (κ1) is 14.6. The summed E-state index contributed by atoms with van der Waals surface area (Å²) in [5.74, 6) is 0.944. The molecule has 106 valence electrons. The van der Waals surface area contributed by atoms with Crippen LogP contribution >= 0.6 is 0 Å². The van der Waals surface area contributed by atoms with Crippen molar-refractivity contribution in [2.45, 2.75) is 33.8 Å². The maximum atomic E-state index is 5.97. The van der Waals surface area contributed by atoms with Gasteiger partial charge in [0.05, 0.1) is 0 Å². The molecule has 0 unspecified atom stereocenters. The molecule has 2 heteroatoms. The predicted octanol–water partition coefficient (Wildman–Crippen LogP) is 3.69. The van der Waals surface area contributed by atoms with E-state index in [9.17, 15) is 0 Å². The highest BCUT2D eigenvalue weighted by Gasteiger charge is 2.04. The van der Waals surface area contributed by atoms with Gasteiger partial charge in [-0.05, 0) is 62.1 Å². The molecule has 0 aliphatic carbocycles. The van der Waals surface area contributed by atoms with Crippen molar-refractivity contribution >= 4 is 0 Å². The Labute approximate surface area is 121 Å². The zero-order valence-corrected chi connectivity index (χ0v) is 12.6. The van der Waals surface area contributed by atoms with Gasteiger partial charge in [0.25, 0.3) is 0 Å². The van der Waals surface area contributed by atoms with Crippen LogP contribution in [0.15, 0.2) is 36.4 Å². The number of aryl methyl sites for hydroxylation is 3. The van der Waals surface area contributed by atoms with E-state index >= 15 is 0 Å². The Balaban J connectivity index is 2.11. The average molecular weight is 269 g/mol. The highest BCUT2D eigenvalue weighted by molar-refractivity contribution is 5.37. The first-order valence-electron chi connectivity index (χ1n) is 7.08. The summed E-state index contributed by atoms with van der Waals surface area (Å²) in [4.78, 5) is 0. The van der Waals surface area contributed by atoms with Crippen molar-refractivity contribution in [3.63, 3.8) is 0 Å². The lowest BCUT2D eigenvalue weighted by Gasteiger charge is -2.13. The molecule has 0 saturated heterocycles. The molecule has 0 aromatic heterocycles. The topological polar surface area (TPSA) is 35.2 Å². The van der Waals surface area contributed by atoms with Crippen LogP contribution in [0, 0.1) is 20.8 Å². The van der Waals surface area contributed by atoms with Crippen molar-refractivity contribution in [2.24, 2.45) is 5.73 Å². The minimum Gasteiger partial charge on any atom is -0.489 e. The van der Waals surface area contributed by atoms with Crippen LogP contribution in [0.25, 0.3) is 0 Å². The first-order valence-corrected chi connectivity index (χ1v) is 7.08. The number of benzene rings is 2. The van der Waals surface area contributed by atoms with Gasteiger partial charge in [-0.3, -0.25) is 0 Å². The van der Waals surface area contributed by atoms with Crippen LogP contribution in [0.5, 0.6) is 5.75 Å². The van der Waals surface area contributed by atoms with E-state index in [0.717, 1.165) is 12.2 Å². The van der Waals surface area contributed by atoms with Crippen LogP contribution in [-0.4, -0.2) is 6.54 Å². The van der Waals surface area contributed by atoms with Gasteiger partial charge in [-0.2, -0.15) is 0 Å². The fraction of sp³-hybridized carbons (Fsp3) is 0.333.